The number of nitrogens with zero attached hydrogens (tertiary/aromatic N) is 4. The molecule has 0 bridgehead atoms. The number of hydrogen-bond acceptors (Lipinski definition) is 3. The maximum absolute atomic E-state index is 14.1. The van der Waals surface area contributed by atoms with Crippen LogP contribution in [0.4, 0.5) is 17.6 Å². The molecular weight excluding hydrogens is 372 g/mol. The first-order valence-corrected chi connectivity index (χ1v) is 8.14. The Morgan fingerprint density at radius 2 is 2.04 bits per heavy atom. The van der Waals surface area contributed by atoms with Gasteiger partial charge in [0.25, 0.3) is 0 Å². The van der Waals surface area contributed by atoms with Crippen LogP contribution in [0.2, 0.25) is 0 Å². The molecule has 0 spiro atoms. The van der Waals surface area contributed by atoms with E-state index < -0.39 is 17.8 Å². The van der Waals surface area contributed by atoms with Crippen molar-refractivity contribution in [1.29, 1.82) is 5.26 Å². The van der Waals surface area contributed by atoms with Gasteiger partial charge < -0.3 is 0 Å². The average Bonchev–Trinajstić information content (AvgIpc) is 3.30. The van der Waals surface area contributed by atoms with Crippen molar-refractivity contribution >= 4 is 19.2 Å². The molecule has 0 saturated carbocycles. The molecule has 0 saturated heterocycles. The summed E-state index contributed by atoms with van der Waals surface area (Å²) in [5, 5.41) is 14.8. The Kier molecular flexibility index (Phi) is 4.34. The predicted molar refractivity (Wildman–Crippen MR) is 94.4 cm³/mol. The summed E-state index contributed by atoms with van der Waals surface area (Å²) in [7, 11) is 0. The van der Waals surface area contributed by atoms with Crippen molar-refractivity contribution in [3.05, 3.63) is 64.8 Å². The number of halogens is 4. The molecule has 4 aromatic rings. The number of hydrogen-bond donors (Lipinski definition) is 1. The van der Waals surface area contributed by atoms with Crippen molar-refractivity contribution < 1.29 is 17.6 Å². The number of benzene rings is 1. The molecule has 0 fully saturated rings. The summed E-state index contributed by atoms with van der Waals surface area (Å²) < 4.78 is 54.1. The van der Waals surface area contributed by atoms with Gasteiger partial charge in [0.1, 0.15) is 0 Å². The number of aromatic nitrogens is 4. The fourth-order valence-electron chi connectivity index (χ4n) is 3.01. The molecule has 0 aliphatic carbocycles. The number of H-pyrrole nitrogens is 1. The molecule has 3 heterocycles. The van der Waals surface area contributed by atoms with Crippen molar-refractivity contribution in [3.63, 3.8) is 0 Å². The van der Waals surface area contributed by atoms with Gasteiger partial charge in [0.05, 0.1) is 0 Å². The van der Waals surface area contributed by atoms with Crippen molar-refractivity contribution in [2.45, 2.75) is 12.6 Å². The molecule has 136 valence electrons. The molecule has 1 aromatic carbocycles. The Labute approximate surface area is 157 Å². The zero-order valence-electron chi connectivity index (χ0n) is 14.1. The Hall–Kier alpha value is -3.28. The molecule has 3 aromatic heterocycles. The van der Waals surface area contributed by atoms with Gasteiger partial charge in [0.15, 0.2) is 0 Å². The van der Waals surface area contributed by atoms with Gasteiger partial charge in [0, 0.05) is 0 Å². The summed E-state index contributed by atoms with van der Waals surface area (Å²) in [6.45, 7) is 3.32. The second kappa shape index (κ2) is 6.71. The van der Waals surface area contributed by atoms with E-state index in [2.05, 4.69) is 15.2 Å². The van der Waals surface area contributed by atoms with Gasteiger partial charge in [-0.15, -0.1) is 0 Å². The van der Waals surface area contributed by atoms with Crippen LogP contribution in [0.1, 0.15) is 22.5 Å². The van der Waals surface area contributed by atoms with Crippen LogP contribution in [0.25, 0.3) is 16.7 Å². The van der Waals surface area contributed by atoms with Crippen molar-refractivity contribution in [2.75, 3.05) is 0 Å². The topological polar surface area (TPSA) is 69.8 Å². The van der Waals surface area contributed by atoms with Gasteiger partial charge in [-0.1, -0.05) is 0 Å². The van der Waals surface area contributed by atoms with E-state index in [1.165, 1.54) is 12.3 Å². The molecule has 0 radical (unpaired) electrons. The van der Waals surface area contributed by atoms with Gasteiger partial charge in [-0.3, -0.25) is 0 Å². The van der Waals surface area contributed by atoms with Gasteiger partial charge in [-0.2, -0.15) is 0 Å². The van der Waals surface area contributed by atoms with Crippen LogP contribution in [0.3, 0.4) is 0 Å². The summed E-state index contributed by atoms with van der Waals surface area (Å²) in [4.78, 5) is 3.50. The van der Waals surface area contributed by atoms with Gasteiger partial charge >= 0.3 is 156 Å². The van der Waals surface area contributed by atoms with Crippen LogP contribution in [-0.2, 0) is 12.6 Å². The SMILES string of the molecule is N#Cc1cbc2c(Cc3ccccc3F)bc(-c3nc(C(F)(F)F)n[nH]3)cn12. The fraction of sp³-hybridized carbons (Fsp3) is 0.118. The quantitative estimate of drug-likeness (QED) is 0.555. The monoisotopic (exact) mass is 381 g/mol. The molecule has 0 unspecified atom stereocenters. The van der Waals surface area contributed by atoms with E-state index in [0.717, 1.165) is 0 Å². The minimum atomic E-state index is -4.68. The van der Waals surface area contributed by atoms with Gasteiger partial charge in [-0.05, 0) is 0 Å². The zero-order valence-corrected chi connectivity index (χ0v) is 14.1. The fourth-order valence-corrected chi connectivity index (χ4v) is 3.01. The number of nitrogens with one attached hydrogen (secondary N) is 1. The Morgan fingerprint density at radius 1 is 1.25 bits per heavy atom. The molecule has 1 N–H and O–H groups in total. The minimum absolute atomic E-state index is 0.0957. The van der Waals surface area contributed by atoms with E-state index in [1.54, 1.807) is 42.4 Å². The number of fused-ring (bicyclic) bond motifs is 1. The molecule has 5 nitrogen and oxygen atoms in total. The summed E-state index contributed by atoms with van der Waals surface area (Å²) in [5.74, 6) is -0.184. The van der Waals surface area contributed by atoms with E-state index in [1.807, 2.05) is 6.07 Å². The van der Waals surface area contributed by atoms with Crippen LogP contribution < -0.4 is 0 Å². The Balaban J connectivity index is 1.87. The first-order valence-electron chi connectivity index (χ1n) is 8.14. The maximum atomic E-state index is 14.1. The predicted octanol–water partition coefficient (Wildman–Crippen LogP) is 3.02. The summed E-state index contributed by atoms with van der Waals surface area (Å²) >= 11 is 0. The second-order valence-electron chi connectivity index (χ2n) is 6.11. The molecule has 0 atom stereocenters. The van der Waals surface area contributed by atoms with Crippen molar-refractivity contribution in [3.8, 4) is 17.4 Å². The third-order valence-corrected chi connectivity index (χ3v) is 4.31. The van der Waals surface area contributed by atoms with Crippen LogP contribution in [0, 0.1) is 17.1 Å². The summed E-state index contributed by atoms with van der Waals surface area (Å²) in [6, 6.07) is 8.26. The van der Waals surface area contributed by atoms with Crippen LogP contribution in [0.5, 0.6) is 0 Å². The Bertz CT molecular complexity index is 1220. The molecule has 0 amide bonds. The van der Waals surface area contributed by atoms with Crippen LogP contribution >= 0.6 is 0 Å². The Morgan fingerprint density at radius 3 is 2.71 bits per heavy atom. The zero-order chi connectivity index (χ0) is 19.9. The molecule has 11 heteroatoms. The number of rotatable bonds is 3. The third-order valence-electron chi connectivity index (χ3n) is 4.31. The molecule has 0 aliphatic heterocycles. The first kappa shape index (κ1) is 18.1. The normalized spacial score (nSPS) is 11.4. The number of aromatic amines is 1. The molecular formula is C17H9B2F4N5. The van der Waals surface area contributed by atoms with Crippen molar-refractivity contribution in [1.82, 2.24) is 19.6 Å². The van der Waals surface area contributed by atoms with E-state index >= 15 is 0 Å². The van der Waals surface area contributed by atoms with E-state index in [9.17, 15) is 22.8 Å². The second-order valence-corrected chi connectivity index (χ2v) is 6.11. The van der Waals surface area contributed by atoms with Crippen LogP contribution in [0.15, 0.2) is 36.4 Å². The van der Waals surface area contributed by atoms with Gasteiger partial charge in [-0.25, -0.2) is 0 Å². The summed E-state index contributed by atoms with van der Waals surface area (Å²) in [6.07, 6.45) is -2.99. The van der Waals surface area contributed by atoms with Crippen molar-refractivity contribution in [2.24, 2.45) is 0 Å². The van der Waals surface area contributed by atoms with E-state index in [-0.39, 0.29) is 12.2 Å². The third kappa shape index (κ3) is 3.22. The number of alkyl halides is 3. The molecule has 0 aliphatic rings. The van der Waals surface area contributed by atoms with Gasteiger partial charge in [0.2, 0.25) is 0 Å². The standard InChI is InChI=1S/C17H9B2F4N5/c20-13-4-2-1-3-9(13)5-11-14-18-6-10(7-24)28(14)8-12(19-11)15-25-16(27-26-15)17(21,22)23/h1-4,6,8H,5H2,(H,25,26,27). The summed E-state index contributed by atoms with van der Waals surface area (Å²) in [5.41, 5.74) is 2.31. The average molecular weight is 381 g/mol. The first-order chi connectivity index (χ1) is 13.4. The number of nitriles is 1. The van der Waals surface area contributed by atoms with E-state index in [4.69, 9.17) is 0 Å². The molecule has 4 rings (SSSR count). The molecule has 28 heavy (non-hydrogen) atoms. The van der Waals surface area contributed by atoms with E-state index in [0.29, 0.717) is 27.6 Å². The van der Waals surface area contributed by atoms with Crippen LogP contribution in [-0.4, -0.2) is 33.4 Å².